The second-order valence-corrected chi connectivity index (χ2v) is 6.99. The van der Waals surface area contributed by atoms with Crippen LogP contribution < -0.4 is 10.2 Å². The molecule has 1 aromatic carbocycles. The molecule has 6 heteroatoms. The number of aryl methyl sites for hydroxylation is 1. The first-order valence-corrected chi connectivity index (χ1v) is 8.92. The number of benzene rings is 1. The maximum absolute atomic E-state index is 11.5. The number of aromatic nitrogens is 2. The number of anilines is 1. The summed E-state index contributed by atoms with van der Waals surface area (Å²) in [5.41, 5.74) is 2.21. The molecule has 0 spiro atoms. The third kappa shape index (κ3) is 4.25. The maximum Gasteiger partial charge on any atom is 0.233 e. The van der Waals surface area contributed by atoms with Gasteiger partial charge in [-0.3, -0.25) is 9.69 Å². The number of rotatable bonds is 5. The van der Waals surface area contributed by atoms with Gasteiger partial charge in [0, 0.05) is 26.0 Å². The molecule has 25 heavy (non-hydrogen) atoms. The van der Waals surface area contributed by atoms with Crippen molar-refractivity contribution in [3.8, 4) is 0 Å². The van der Waals surface area contributed by atoms with Crippen molar-refractivity contribution in [3.05, 3.63) is 30.1 Å². The summed E-state index contributed by atoms with van der Waals surface area (Å²) in [6, 6.07) is 6.30. The fraction of sp³-hybridized carbons (Fsp3) is 0.526. The zero-order valence-electron chi connectivity index (χ0n) is 15.3. The van der Waals surface area contributed by atoms with Crippen LogP contribution in [0.2, 0.25) is 0 Å². The molecule has 2 aromatic rings. The summed E-state index contributed by atoms with van der Waals surface area (Å²) < 4.78 is 0. The molecule has 0 radical (unpaired) electrons. The fourth-order valence-electron chi connectivity index (χ4n) is 3.54. The van der Waals surface area contributed by atoms with Crippen LogP contribution in [0.3, 0.4) is 0 Å². The van der Waals surface area contributed by atoms with Crippen molar-refractivity contribution in [2.24, 2.45) is 5.92 Å². The molecule has 1 amide bonds. The Balaban J connectivity index is 1.63. The van der Waals surface area contributed by atoms with Gasteiger partial charge >= 0.3 is 0 Å². The number of fused-ring (bicyclic) bond motifs is 1. The molecule has 1 aromatic heterocycles. The molecule has 0 unspecified atom stereocenters. The molecule has 0 aliphatic carbocycles. The Morgan fingerprint density at radius 1 is 1.32 bits per heavy atom. The third-order valence-electron chi connectivity index (χ3n) is 5.02. The van der Waals surface area contributed by atoms with Crippen LogP contribution in [0, 0.1) is 12.8 Å². The Bertz CT molecular complexity index is 740. The van der Waals surface area contributed by atoms with Crippen molar-refractivity contribution < 1.29 is 4.79 Å². The summed E-state index contributed by atoms with van der Waals surface area (Å²) in [6.45, 7) is 5.55. The summed E-state index contributed by atoms with van der Waals surface area (Å²) in [4.78, 5) is 24.9. The fourth-order valence-corrected chi connectivity index (χ4v) is 3.54. The first-order chi connectivity index (χ1) is 12.1. The molecule has 1 N–H and O–H groups in total. The number of piperidine rings is 1. The maximum atomic E-state index is 11.5. The number of carbonyl (C=O) groups excluding carboxylic acids is 1. The molecule has 1 saturated heterocycles. The Morgan fingerprint density at radius 2 is 2.08 bits per heavy atom. The van der Waals surface area contributed by atoms with Crippen LogP contribution in [-0.4, -0.2) is 61.0 Å². The van der Waals surface area contributed by atoms with Gasteiger partial charge in [-0.05, 0) is 50.9 Å². The number of nitrogens with zero attached hydrogens (tertiary/aromatic N) is 4. The summed E-state index contributed by atoms with van der Waals surface area (Å²) in [5, 5.41) is 3.81. The highest BCUT2D eigenvalue weighted by Crippen LogP contribution is 2.25. The van der Waals surface area contributed by atoms with Gasteiger partial charge in [-0.25, -0.2) is 9.97 Å². The second kappa shape index (κ2) is 7.78. The Kier molecular flexibility index (Phi) is 5.48. The van der Waals surface area contributed by atoms with Crippen LogP contribution in [0.1, 0.15) is 18.4 Å². The van der Waals surface area contributed by atoms with Crippen molar-refractivity contribution in [2.75, 3.05) is 45.2 Å². The predicted molar refractivity (Wildman–Crippen MR) is 101 cm³/mol. The molecule has 3 rings (SSSR count). The average Bonchev–Trinajstić information content (AvgIpc) is 2.62. The van der Waals surface area contributed by atoms with Crippen molar-refractivity contribution in [3.63, 3.8) is 0 Å². The van der Waals surface area contributed by atoms with Gasteiger partial charge in [0.1, 0.15) is 12.1 Å². The van der Waals surface area contributed by atoms with Gasteiger partial charge in [0.15, 0.2) is 0 Å². The molecule has 0 saturated carbocycles. The van der Waals surface area contributed by atoms with E-state index < -0.39 is 0 Å². The molecule has 2 heterocycles. The Labute approximate surface area is 149 Å². The Morgan fingerprint density at radius 3 is 2.80 bits per heavy atom. The zero-order valence-corrected chi connectivity index (χ0v) is 15.3. The summed E-state index contributed by atoms with van der Waals surface area (Å²) in [5.74, 6) is 1.72. The van der Waals surface area contributed by atoms with Gasteiger partial charge < -0.3 is 10.2 Å². The van der Waals surface area contributed by atoms with Crippen LogP contribution in [0.5, 0.6) is 0 Å². The quantitative estimate of drug-likeness (QED) is 0.899. The molecule has 134 valence electrons. The van der Waals surface area contributed by atoms with E-state index in [1.165, 1.54) is 5.56 Å². The van der Waals surface area contributed by atoms with E-state index in [0.717, 1.165) is 49.2 Å². The average molecular weight is 341 g/mol. The van der Waals surface area contributed by atoms with Gasteiger partial charge in [0.05, 0.1) is 12.1 Å². The lowest BCUT2D eigenvalue weighted by Crippen LogP contribution is -2.42. The zero-order chi connectivity index (χ0) is 17.8. The van der Waals surface area contributed by atoms with E-state index in [-0.39, 0.29) is 5.91 Å². The van der Waals surface area contributed by atoms with E-state index >= 15 is 0 Å². The van der Waals surface area contributed by atoms with E-state index in [2.05, 4.69) is 57.3 Å². The van der Waals surface area contributed by atoms with E-state index in [0.29, 0.717) is 12.5 Å². The normalized spacial score (nSPS) is 16.1. The number of likely N-dealkylation sites (tertiary alicyclic amines) is 1. The molecule has 1 fully saturated rings. The van der Waals surface area contributed by atoms with Crippen molar-refractivity contribution >= 4 is 22.6 Å². The van der Waals surface area contributed by atoms with E-state index in [4.69, 9.17) is 0 Å². The lowest BCUT2D eigenvalue weighted by atomic mass is 9.96. The standard InChI is InChI=1S/C19H27N5O/c1-14-4-5-17-16(10-14)19(22-13-21-17)23(3)11-15-6-8-24(9-7-15)12-18(25)20-2/h4-5,10,13,15H,6-9,11-12H2,1-3H3,(H,20,25). The van der Waals surface area contributed by atoms with Crippen LogP contribution in [0.25, 0.3) is 10.9 Å². The minimum absolute atomic E-state index is 0.0957. The number of hydrogen-bond donors (Lipinski definition) is 1. The molecule has 0 bridgehead atoms. The number of hydrogen-bond acceptors (Lipinski definition) is 5. The first-order valence-electron chi connectivity index (χ1n) is 8.92. The van der Waals surface area contributed by atoms with Gasteiger partial charge in [-0.1, -0.05) is 11.6 Å². The van der Waals surface area contributed by atoms with Crippen LogP contribution in [0.15, 0.2) is 24.5 Å². The van der Waals surface area contributed by atoms with Crippen LogP contribution in [0.4, 0.5) is 5.82 Å². The van der Waals surface area contributed by atoms with E-state index in [9.17, 15) is 4.79 Å². The van der Waals surface area contributed by atoms with Gasteiger partial charge in [0.25, 0.3) is 0 Å². The number of nitrogens with one attached hydrogen (secondary N) is 1. The van der Waals surface area contributed by atoms with Crippen LogP contribution >= 0.6 is 0 Å². The largest absolute Gasteiger partial charge is 0.359 e. The molecule has 1 aliphatic rings. The highest BCUT2D eigenvalue weighted by atomic mass is 16.1. The SMILES string of the molecule is CNC(=O)CN1CCC(CN(C)c2ncnc3ccc(C)cc23)CC1. The minimum Gasteiger partial charge on any atom is -0.359 e. The number of carbonyl (C=O) groups is 1. The van der Waals surface area contributed by atoms with Crippen molar-refractivity contribution in [2.45, 2.75) is 19.8 Å². The van der Waals surface area contributed by atoms with Gasteiger partial charge in [-0.2, -0.15) is 0 Å². The number of likely N-dealkylation sites (N-methyl/N-ethyl adjacent to an activating group) is 1. The highest BCUT2D eigenvalue weighted by Gasteiger charge is 2.22. The van der Waals surface area contributed by atoms with Crippen LogP contribution in [-0.2, 0) is 4.79 Å². The lowest BCUT2D eigenvalue weighted by Gasteiger charge is -2.33. The summed E-state index contributed by atoms with van der Waals surface area (Å²) in [6.07, 6.45) is 3.88. The third-order valence-corrected chi connectivity index (χ3v) is 5.02. The van der Waals surface area contributed by atoms with E-state index in [1.807, 2.05) is 0 Å². The summed E-state index contributed by atoms with van der Waals surface area (Å²) >= 11 is 0. The smallest absolute Gasteiger partial charge is 0.233 e. The molecular formula is C19H27N5O. The Hall–Kier alpha value is -2.21. The predicted octanol–water partition coefficient (Wildman–Crippen LogP) is 1.83. The molecular weight excluding hydrogens is 314 g/mol. The van der Waals surface area contributed by atoms with Crippen molar-refractivity contribution in [1.82, 2.24) is 20.2 Å². The molecule has 0 atom stereocenters. The van der Waals surface area contributed by atoms with Crippen molar-refractivity contribution in [1.29, 1.82) is 0 Å². The van der Waals surface area contributed by atoms with Gasteiger partial charge in [-0.15, -0.1) is 0 Å². The monoisotopic (exact) mass is 341 g/mol. The summed E-state index contributed by atoms with van der Waals surface area (Å²) in [7, 11) is 3.80. The minimum atomic E-state index is 0.0957. The lowest BCUT2D eigenvalue weighted by molar-refractivity contribution is -0.122. The van der Waals surface area contributed by atoms with E-state index in [1.54, 1.807) is 13.4 Å². The molecule has 1 aliphatic heterocycles. The second-order valence-electron chi connectivity index (χ2n) is 6.99. The highest BCUT2D eigenvalue weighted by molar-refractivity contribution is 5.89. The van der Waals surface area contributed by atoms with Gasteiger partial charge in [0.2, 0.25) is 5.91 Å². The first kappa shape index (κ1) is 17.6. The molecule has 6 nitrogen and oxygen atoms in total. The topological polar surface area (TPSA) is 61.4 Å². The number of amides is 1.